The van der Waals surface area contributed by atoms with Crippen molar-refractivity contribution in [3.8, 4) is 6.07 Å². The van der Waals surface area contributed by atoms with Crippen LogP contribution in [0.1, 0.15) is 18.9 Å². The first-order valence-corrected chi connectivity index (χ1v) is 10.3. The second-order valence-electron chi connectivity index (χ2n) is 8.32. The van der Waals surface area contributed by atoms with Gasteiger partial charge in [0.2, 0.25) is 0 Å². The van der Waals surface area contributed by atoms with Crippen molar-refractivity contribution in [3.63, 3.8) is 0 Å². The van der Waals surface area contributed by atoms with E-state index in [1.807, 2.05) is 4.90 Å². The number of hydrogen-bond donors (Lipinski definition) is 1. The Morgan fingerprint density at radius 3 is 2.59 bits per heavy atom. The lowest BCUT2D eigenvalue weighted by Crippen LogP contribution is -2.59. The number of rotatable bonds is 2. The van der Waals surface area contributed by atoms with Crippen molar-refractivity contribution in [1.82, 2.24) is 14.9 Å². The summed E-state index contributed by atoms with van der Waals surface area (Å²) in [6.45, 7) is 2.03. The van der Waals surface area contributed by atoms with Crippen LogP contribution in [0.4, 0.5) is 18.9 Å². The maximum absolute atomic E-state index is 13.3. The molecule has 2 N–H and O–H groups in total. The summed E-state index contributed by atoms with van der Waals surface area (Å²) in [6.07, 6.45) is -2.89. The van der Waals surface area contributed by atoms with Crippen LogP contribution >= 0.6 is 0 Å². The fourth-order valence-corrected chi connectivity index (χ4v) is 4.43. The zero-order valence-electron chi connectivity index (χ0n) is 17.4. The van der Waals surface area contributed by atoms with Crippen LogP contribution in [0.15, 0.2) is 24.5 Å². The Hall–Kier alpha value is -2.97. The molecule has 0 saturated carbocycles. The number of halogens is 3. The monoisotopic (exact) mass is 448 g/mol. The molecule has 0 aliphatic carbocycles. The molecule has 11 heteroatoms. The highest BCUT2D eigenvalue weighted by atomic mass is 19.4. The molecule has 1 unspecified atom stereocenters. The number of nitrogens with zero attached hydrogens (tertiary/aromatic N) is 5. The standard InChI is InChI=1S/C21H23F3N6O2/c1-12-8-29(16-3-2-13(7-25)18-19(16)28-5-4-27-18)11-17(32-12)20(31)30-9-14(21(22,23)24)6-15(26)10-30/h2-5,12,14-15,17H,6,8-11,26H2,1H3/t12-,14?,15-,17-/m1/s1. The van der Waals surface area contributed by atoms with Crippen molar-refractivity contribution < 1.29 is 22.7 Å². The highest BCUT2D eigenvalue weighted by molar-refractivity contribution is 5.92. The fraction of sp³-hybridized carbons (Fsp3) is 0.524. The van der Waals surface area contributed by atoms with Gasteiger partial charge in [-0.3, -0.25) is 14.8 Å². The number of carbonyl (C=O) groups is 1. The average molecular weight is 448 g/mol. The molecule has 1 aromatic heterocycles. The number of amides is 1. The van der Waals surface area contributed by atoms with Gasteiger partial charge < -0.3 is 20.3 Å². The van der Waals surface area contributed by atoms with Gasteiger partial charge in [0.05, 0.1) is 29.8 Å². The number of carbonyl (C=O) groups excluding carboxylic acids is 1. The van der Waals surface area contributed by atoms with Crippen LogP contribution in [-0.2, 0) is 9.53 Å². The van der Waals surface area contributed by atoms with Gasteiger partial charge in [-0.2, -0.15) is 18.4 Å². The highest BCUT2D eigenvalue weighted by Gasteiger charge is 2.46. The van der Waals surface area contributed by atoms with Crippen molar-refractivity contribution in [1.29, 1.82) is 5.26 Å². The van der Waals surface area contributed by atoms with Crippen molar-refractivity contribution in [2.45, 2.75) is 37.8 Å². The summed E-state index contributed by atoms with van der Waals surface area (Å²) in [5.41, 5.74) is 7.86. The average Bonchev–Trinajstić information content (AvgIpc) is 2.76. The van der Waals surface area contributed by atoms with Crippen LogP contribution in [0.2, 0.25) is 0 Å². The summed E-state index contributed by atoms with van der Waals surface area (Å²) < 4.78 is 45.7. The molecule has 2 fully saturated rings. The first-order valence-electron chi connectivity index (χ1n) is 10.3. The fourth-order valence-electron chi connectivity index (χ4n) is 4.43. The first kappa shape index (κ1) is 22.2. The maximum Gasteiger partial charge on any atom is 0.393 e. The van der Waals surface area contributed by atoms with E-state index in [1.165, 1.54) is 17.3 Å². The van der Waals surface area contributed by atoms with Gasteiger partial charge in [0, 0.05) is 38.1 Å². The predicted octanol–water partition coefficient (Wildman–Crippen LogP) is 1.83. The summed E-state index contributed by atoms with van der Waals surface area (Å²) in [7, 11) is 0. The smallest absolute Gasteiger partial charge is 0.364 e. The summed E-state index contributed by atoms with van der Waals surface area (Å²) in [5.74, 6) is -2.15. The van der Waals surface area contributed by atoms with Gasteiger partial charge in [0.25, 0.3) is 5.91 Å². The molecule has 2 aliphatic rings. The van der Waals surface area contributed by atoms with Crippen LogP contribution < -0.4 is 10.6 Å². The lowest BCUT2D eigenvalue weighted by Gasteiger charge is -2.42. The minimum Gasteiger partial charge on any atom is -0.364 e. The van der Waals surface area contributed by atoms with Crippen LogP contribution in [0.3, 0.4) is 0 Å². The van der Waals surface area contributed by atoms with Gasteiger partial charge in [-0.1, -0.05) is 0 Å². The Kier molecular flexibility index (Phi) is 5.92. The van der Waals surface area contributed by atoms with E-state index in [4.69, 9.17) is 10.5 Å². The van der Waals surface area contributed by atoms with E-state index < -0.39 is 36.7 Å². The van der Waals surface area contributed by atoms with Crippen LogP contribution in [0.25, 0.3) is 11.0 Å². The number of fused-ring (bicyclic) bond motifs is 1. The maximum atomic E-state index is 13.3. The van der Waals surface area contributed by atoms with E-state index in [2.05, 4.69) is 16.0 Å². The summed E-state index contributed by atoms with van der Waals surface area (Å²) in [6, 6.07) is 4.73. The topological polar surface area (TPSA) is 108 Å². The molecule has 3 heterocycles. The van der Waals surface area contributed by atoms with Gasteiger partial charge in [-0.05, 0) is 25.5 Å². The molecule has 2 saturated heterocycles. The quantitative estimate of drug-likeness (QED) is 0.747. The van der Waals surface area contributed by atoms with E-state index in [0.29, 0.717) is 28.8 Å². The number of aromatic nitrogens is 2. The number of piperidine rings is 1. The number of morpholine rings is 1. The Balaban J connectivity index is 1.59. The van der Waals surface area contributed by atoms with Crippen LogP contribution in [0.5, 0.6) is 0 Å². The Bertz CT molecular complexity index is 1060. The first-order chi connectivity index (χ1) is 15.2. The second kappa shape index (κ2) is 8.52. The normalized spacial score (nSPS) is 26.8. The minimum atomic E-state index is -4.41. The molecule has 8 nitrogen and oxygen atoms in total. The van der Waals surface area contributed by atoms with Gasteiger partial charge >= 0.3 is 6.18 Å². The number of nitrogens with two attached hydrogens (primary N) is 1. The van der Waals surface area contributed by atoms with Crippen molar-refractivity contribution >= 4 is 22.6 Å². The van der Waals surface area contributed by atoms with Gasteiger partial charge in [0.15, 0.2) is 6.10 Å². The van der Waals surface area contributed by atoms with Gasteiger partial charge in [0.1, 0.15) is 17.1 Å². The minimum absolute atomic E-state index is 0.0604. The highest BCUT2D eigenvalue weighted by Crippen LogP contribution is 2.34. The van der Waals surface area contributed by atoms with Crippen LogP contribution in [-0.4, -0.2) is 71.4 Å². The van der Waals surface area contributed by atoms with Crippen molar-refractivity contribution in [3.05, 3.63) is 30.1 Å². The second-order valence-corrected chi connectivity index (χ2v) is 8.32. The molecule has 170 valence electrons. The number of ether oxygens (including phenoxy) is 1. The SMILES string of the molecule is C[C@@H]1CN(c2ccc(C#N)c3nccnc23)C[C@H](C(=O)N2CC(C(F)(F)F)C[C@@H](N)C2)O1. The number of nitriles is 1. The zero-order chi connectivity index (χ0) is 23.0. The molecular weight excluding hydrogens is 425 g/mol. The van der Waals surface area contributed by atoms with Crippen molar-refractivity contribution in [2.24, 2.45) is 11.7 Å². The third kappa shape index (κ3) is 4.33. The Labute approximate surface area is 182 Å². The Morgan fingerprint density at radius 1 is 1.19 bits per heavy atom. The predicted molar refractivity (Wildman–Crippen MR) is 110 cm³/mol. The molecular formula is C21H23F3N6O2. The molecule has 2 aliphatic heterocycles. The van der Waals surface area contributed by atoms with Crippen LogP contribution in [0, 0.1) is 17.2 Å². The molecule has 2 aromatic rings. The summed E-state index contributed by atoms with van der Waals surface area (Å²) >= 11 is 0. The molecule has 1 aromatic carbocycles. The van der Waals surface area contributed by atoms with E-state index in [-0.39, 0.29) is 25.6 Å². The lowest BCUT2D eigenvalue weighted by molar-refractivity contribution is -0.192. The molecule has 4 rings (SSSR count). The molecule has 32 heavy (non-hydrogen) atoms. The molecule has 1 amide bonds. The van der Waals surface area contributed by atoms with Gasteiger partial charge in [-0.25, -0.2) is 0 Å². The summed E-state index contributed by atoms with van der Waals surface area (Å²) in [4.78, 5) is 24.8. The molecule has 0 spiro atoms. The molecule has 4 atom stereocenters. The number of anilines is 1. The zero-order valence-corrected chi connectivity index (χ0v) is 17.4. The largest absolute Gasteiger partial charge is 0.393 e. The molecule has 0 radical (unpaired) electrons. The lowest BCUT2D eigenvalue weighted by atomic mass is 9.93. The number of benzene rings is 1. The third-order valence-corrected chi connectivity index (χ3v) is 5.86. The van der Waals surface area contributed by atoms with Gasteiger partial charge in [-0.15, -0.1) is 0 Å². The number of likely N-dealkylation sites (tertiary alicyclic amines) is 1. The van der Waals surface area contributed by atoms with E-state index in [9.17, 15) is 23.2 Å². The van der Waals surface area contributed by atoms with E-state index >= 15 is 0 Å². The van der Waals surface area contributed by atoms with E-state index in [0.717, 1.165) is 0 Å². The number of hydrogen-bond acceptors (Lipinski definition) is 7. The third-order valence-electron chi connectivity index (χ3n) is 5.86. The number of alkyl halides is 3. The van der Waals surface area contributed by atoms with E-state index in [1.54, 1.807) is 19.1 Å². The Morgan fingerprint density at radius 2 is 1.91 bits per heavy atom. The summed E-state index contributed by atoms with van der Waals surface area (Å²) in [5, 5.41) is 9.35. The molecule has 0 bridgehead atoms. The van der Waals surface area contributed by atoms with Crippen molar-refractivity contribution in [2.75, 3.05) is 31.1 Å².